The van der Waals surface area contributed by atoms with Gasteiger partial charge in [-0.15, -0.1) is 0 Å². The Morgan fingerprint density at radius 2 is 1.73 bits per heavy atom. The van der Waals surface area contributed by atoms with Crippen LogP contribution in [0.1, 0.15) is 19.8 Å². The van der Waals surface area contributed by atoms with E-state index in [2.05, 4.69) is 0 Å². The molecule has 0 atom stereocenters. The molecule has 0 saturated carbocycles. The van der Waals surface area contributed by atoms with Crippen molar-refractivity contribution in [1.29, 1.82) is 0 Å². The van der Waals surface area contributed by atoms with E-state index in [1.165, 1.54) is 0 Å². The minimum Gasteiger partial charge on any atom is -0.370 e. The van der Waals surface area contributed by atoms with Gasteiger partial charge in [-0.05, 0) is 6.42 Å². The largest absolute Gasteiger partial charge is 0.394 e. The molecule has 0 saturated heterocycles. The van der Waals surface area contributed by atoms with Crippen LogP contribution >= 0.6 is 0 Å². The molecular formula is C4H11NO5S. The summed E-state index contributed by atoms with van der Waals surface area (Å²) in [7, 11) is -4.67. The van der Waals surface area contributed by atoms with E-state index in [0.717, 1.165) is 6.42 Å². The Kier molecular flexibility index (Phi) is 7.16. The highest BCUT2D eigenvalue weighted by Crippen LogP contribution is 1.79. The van der Waals surface area contributed by atoms with Gasteiger partial charge >= 0.3 is 10.4 Å². The summed E-state index contributed by atoms with van der Waals surface area (Å²) in [6.07, 6.45) is 1.37. The fourth-order valence-electron chi connectivity index (χ4n) is 0.246. The van der Waals surface area contributed by atoms with Crippen molar-refractivity contribution in [3.05, 3.63) is 0 Å². The molecule has 7 heteroatoms. The van der Waals surface area contributed by atoms with Crippen LogP contribution in [0.3, 0.4) is 0 Å². The van der Waals surface area contributed by atoms with E-state index < -0.39 is 10.4 Å². The Morgan fingerprint density at radius 3 is 1.73 bits per heavy atom. The molecule has 0 aliphatic rings. The minimum absolute atomic E-state index is 0.211. The van der Waals surface area contributed by atoms with Crippen LogP contribution in [0.2, 0.25) is 0 Å². The number of carbonyl (C=O) groups is 1. The Balaban J connectivity index is 0. The lowest BCUT2D eigenvalue weighted by molar-refractivity contribution is -0.118. The summed E-state index contributed by atoms with van der Waals surface area (Å²) in [4.78, 5) is 9.82. The Labute approximate surface area is 65.0 Å². The number of rotatable bonds is 2. The number of carbonyl (C=O) groups excluding carboxylic acids is 1. The van der Waals surface area contributed by atoms with Crippen molar-refractivity contribution in [2.24, 2.45) is 5.73 Å². The predicted octanol–water partition coefficient (Wildman–Crippen LogP) is -0.381. The van der Waals surface area contributed by atoms with Gasteiger partial charge in [0.25, 0.3) is 0 Å². The number of amides is 1. The molecule has 1 amide bonds. The zero-order chi connectivity index (χ0) is 9.49. The number of hydrogen-bond acceptors (Lipinski definition) is 3. The van der Waals surface area contributed by atoms with Crippen molar-refractivity contribution in [1.82, 2.24) is 0 Å². The first-order valence-corrected chi connectivity index (χ1v) is 4.15. The van der Waals surface area contributed by atoms with Gasteiger partial charge in [0.1, 0.15) is 0 Å². The second-order valence-electron chi connectivity index (χ2n) is 1.66. The standard InChI is InChI=1S/C4H9NO.H2O4S/c1-2-3-4(5)6;1-5(2,3)4/h2-3H2,1H3,(H2,5,6);(H2,1,2,3,4). The van der Waals surface area contributed by atoms with Gasteiger partial charge in [-0.2, -0.15) is 8.42 Å². The van der Waals surface area contributed by atoms with Crippen molar-refractivity contribution >= 4 is 16.3 Å². The molecule has 0 unspecified atom stereocenters. The molecule has 0 radical (unpaired) electrons. The quantitative estimate of drug-likeness (QED) is 0.507. The van der Waals surface area contributed by atoms with Crippen LogP contribution in [0, 0.1) is 0 Å². The van der Waals surface area contributed by atoms with Gasteiger partial charge in [0.2, 0.25) is 5.91 Å². The topological polar surface area (TPSA) is 118 Å². The highest BCUT2D eigenvalue weighted by molar-refractivity contribution is 7.79. The fraction of sp³-hybridized carbons (Fsp3) is 0.750. The SMILES string of the molecule is CCCC(N)=O.O=S(=O)(O)O. The van der Waals surface area contributed by atoms with E-state index in [4.69, 9.17) is 23.3 Å². The third kappa shape index (κ3) is 91.9. The van der Waals surface area contributed by atoms with Gasteiger partial charge < -0.3 is 5.73 Å². The highest BCUT2D eigenvalue weighted by atomic mass is 32.3. The second kappa shape index (κ2) is 6.08. The molecule has 0 aromatic heterocycles. The van der Waals surface area contributed by atoms with E-state index in [9.17, 15) is 4.79 Å². The first-order chi connectivity index (χ1) is 4.77. The average Bonchev–Trinajstić information content (AvgIpc) is 1.58. The van der Waals surface area contributed by atoms with E-state index in [1.807, 2.05) is 6.92 Å². The van der Waals surface area contributed by atoms with E-state index >= 15 is 0 Å². The lowest BCUT2D eigenvalue weighted by Gasteiger charge is -1.81. The number of primary amides is 1. The molecular weight excluding hydrogens is 174 g/mol. The molecule has 0 aliphatic heterocycles. The maximum absolute atomic E-state index is 9.82. The molecule has 0 bridgehead atoms. The normalized spacial score (nSPS) is 9.73. The maximum atomic E-state index is 9.82. The van der Waals surface area contributed by atoms with Crippen LogP contribution in [-0.2, 0) is 15.2 Å². The van der Waals surface area contributed by atoms with Crippen molar-refractivity contribution in [3.8, 4) is 0 Å². The molecule has 0 aliphatic carbocycles. The zero-order valence-corrected chi connectivity index (χ0v) is 6.84. The summed E-state index contributed by atoms with van der Waals surface area (Å²) in [5.74, 6) is -0.211. The molecule has 0 heterocycles. The van der Waals surface area contributed by atoms with Crippen LogP contribution in [-0.4, -0.2) is 23.4 Å². The number of hydrogen-bond donors (Lipinski definition) is 3. The third-order valence-electron chi connectivity index (χ3n) is 0.496. The van der Waals surface area contributed by atoms with Crippen molar-refractivity contribution in [3.63, 3.8) is 0 Å². The number of nitrogens with two attached hydrogens (primary N) is 1. The van der Waals surface area contributed by atoms with Crippen LogP contribution in [0.25, 0.3) is 0 Å². The van der Waals surface area contributed by atoms with Crippen molar-refractivity contribution < 1.29 is 22.3 Å². The maximum Gasteiger partial charge on any atom is 0.394 e. The molecule has 0 fully saturated rings. The van der Waals surface area contributed by atoms with Crippen LogP contribution in [0.15, 0.2) is 0 Å². The summed E-state index contributed by atoms with van der Waals surface area (Å²) >= 11 is 0. The summed E-state index contributed by atoms with van der Waals surface area (Å²) in [6, 6.07) is 0. The summed E-state index contributed by atoms with van der Waals surface area (Å²) in [6.45, 7) is 1.92. The first-order valence-electron chi connectivity index (χ1n) is 2.75. The van der Waals surface area contributed by atoms with Gasteiger partial charge in [0.15, 0.2) is 0 Å². The molecule has 0 aromatic carbocycles. The van der Waals surface area contributed by atoms with E-state index in [0.29, 0.717) is 6.42 Å². The second-order valence-corrected chi connectivity index (χ2v) is 2.56. The highest BCUT2D eigenvalue weighted by Gasteiger charge is 1.85. The third-order valence-corrected chi connectivity index (χ3v) is 0.496. The minimum atomic E-state index is -4.67. The lowest BCUT2D eigenvalue weighted by Crippen LogP contribution is -2.08. The smallest absolute Gasteiger partial charge is 0.370 e. The summed E-state index contributed by atoms with van der Waals surface area (Å²) in [5, 5.41) is 0. The molecule has 4 N–H and O–H groups in total. The first kappa shape index (κ1) is 13.0. The van der Waals surface area contributed by atoms with Gasteiger partial charge in [0, 0.05) is 6.42 Å². The van der Waals surface area contributed by atoms with E-state index in [-0.39, 0.29) is 5.91 Å². The van der Waals surface area contributed by atoms with Crippen LogP contribution in [0.4, 0.5) is 0 Å². The van der Waals surface area contributed by atoms with Crippen LogP contribution < -0.4 is 5.73 Å². The van der Waals surface area contributed by atoms with Crippen LogP contribution in [0.5, 0.6) is 0 Å². The van der Waals surface area contributed by atoms with Gasteiger partial charge in [-0.3, -0.25) is 13.9 Å². The Hall–Kier alpha value is -0.660. The molecule has 0 aromatic rings. The molecule has 11 heavy (non-hydrogen) atoms. The lowest BCUT2D eigenvalue weighted by atomic mass is 10.3. The molecule has 0 rings (SSSR count). The predicted molar refractivity (Wildman–Crippen MR) is 38.3 cm³/mol. The molecule has 0 spiro atoms. The van der Waals surface area contributed by atoms with Gasteiger partial charge in [-0.1, -0.05) is 6.92 Å². The van der Waals surface area contributed by atoms with E-state index in [1.54, 1.807) is 0 Å². The Morgan fingerprint density at radius 1 is 1.45 bits per heavy atom. The summed E-state index contributed by atoms with van der Waals surface area (Å²) < 4.78 is 31.6. The Bertz CT molecular complexity index is 189. The zero-order valence-electron chi connectivity index (χ0n) is 6.02. The average molecular weight is 185 g/mol. The van der Waals surface area contributed by atoms with Gasteiger partial charge in [-0.25, -0.2) is 0 Å². The fourth-order valence-corrected chi connectivity index (χ4v) is 0.246. The van der Waals surface area contributed by atoms with Crippen molar-refractivity contribution in [2.75, 3.05) is 0 Å². The van der Waals surface area contributed by atoms with Gasteiger partial charge in [0.05, 0.1) is 0 Å². The van der Waals surface area contributed by atoms with Crippen molar-refractivity contribution in [2.45, 2.75) is 19.8 Å². The monoisotopic (exact) mass is 185 g/mol. The molecule has 68 valence electrons. The summed E-state index contributed by atoms with van der Waals surface area (Å²) in [5.41, 5.74) is 4.76. The molecule has 6 nitrogen and oxygen atoms in total.